The fourth-order valence-electron chi connectivity index (χ4n) is 3.78. The lowest BCUT2D eigenvalue weighted by Crippen LogP contribution is -1.96. The van der Waals surface area contributed by atoms with E-state index < -0.39 is 0 Å². The maximum absolute atomic E-state index is 2.52. The summed E-state index contributed by atoms with van der Waals surface area (Å²) in [6.07, 6.45) is 10.6. The van der Waals surface area contributed by atoms with E-state index in [4.69, 9.17) is 0 Å². The van der Waals surface area contributed by atoms with Crippen molar-refractivity contribution in [2.24, 2.45) is 0 Å². The average molecular weight is 435 g/mol. The van der Waals surface area contributed by atoms with Gasteiger partial charge in [0.1, 0.15) is 0 Å². The standard InChI is InChI=1S/C28H36P2/c1-3-5-17-29-21-25-19-27(23-13-9-7-10-14-23)28(24-15-11-8-12-16-24)20-26(25)22-30-18-6-4-2/h7-16,19-20,29-30H,3-6,17-18,21-22H2,1-2H3. The molecular formula is C28H36P2. The minimum Gasteiger partial charge on any atom is -0.118 e. The van der Waals surface area contributed by atoms with E-state index in [2.05, 4.69) is 86.6 Å². The Morgan fingerprint density at radius 1 is 0.567 bits per heavy atom. The summed E-state index contributed by atoms with van der Waals surface area (Å²) in [5.74, 6) is 0. The van der Waals surface area contributed by atoms with Crippen LogP contribution in [0, 0.1) is 0 Å². The summed E-state index contributed by atoms with van der Waals surface area (Å²) in [6, 6.07) is 26.9. The van der Waals surface area contributed by atoms with Gasteiger partial charge in [0, 0.05) is 0 Å². The third-order valence-corrected chi connectivity index (χ3v) is 8.23. The first-order valence-corrected chi connectivity index (χ1v) is 14.3. The number of unbranched alkanes of at least 4 members (excludes halogenated alkanes) is 2. The lowest BCUT2D eigenvalue weighted by atomic mass is 9.91. The van der Waals surface area contributed by atoms with E-state index in [1.54, 1.807) is 11.1 Å². The largest absolute Gasteiger partial charge is 0.118 e. The summed E-state index contributed by atoms with van der Waals surface area (Å²) in [5, 5.41) is 0. The van der Waals surface area contributed by atoms with Crippen LogP contribution >= 0.6 is 17.2 Å². The summed E-state index contributed by atoms with van der Waals surface area (Å²) in [5.41, 5.74) is 8.61. The molecule has 158 valence electrons. The van der Waals surface area contributed by atoms with Crippen molar-refractivity contribution in [3.8, 4) is 22.3 Å². The molecule has 0 amide bonds. The van der Waals surface area contributed by atoms with Crippen LogP contribution in [0.3, 0.4) is 0 Å². The molecule has 0 saturated carbocycles. The fourth-order valence-corrected chi connectivity index (χ4v) is 6.54. The summed E-state index contributed by atoms with van der Waals surface area (Å²) in [6.45, 7) is 4.60. The highest BCUT2D eigenvalue weighted by Gasteiger charge is 2.13. The van der Waals surface area contributed by atoms with E-state index in [1.165, 1.54) is 72.6 Å². The van der Waals surface area contributed by atoms with E-state index in [0.29, 0.717) is 0 Å². The van der Waals surface area contributed by atoms with Crippen LogP contribution in [-0.2, 0) is 12.3 Å². The molecule has 3 rings (SSSR count). The normalized spacial score (nSPS) is 11.8. The van der Waals surface area contributed by atoms with Gasteiger partial charge in [0.25, 0.3) is 0 Å². The van der Waals surface area contributed by atoms with E-state index in [0.717, 1.165) is 17.2 Å². The van der Waals surface area contributed by atoms with Crippen LogP contribution in [0.2, 0.25) is 0 Å². The second-order valence-electron chi connectivity index (χ2n) is 7.96. The van der Waals surface area contributed by atoms with Crippen molar-refractivity contribution < 1.29 is 0 Å². The Balaban J connectivity index is 2.00. The Morgan fingerprint density at radius 2 is 0.967 bits per heavy atom. The van der Waals surface area contributed by atoms with E-state index >= 15 is 0 Å². The summed E-state index contributed by atoms with van der Waals surface area (Å²) in [4.78, 5) is 0. The number of hydrogen-bond acceptors (Lipinski definition) is 0. The molecule has 0 aliphatic carbocycles. The highest BCUT2D eigenvalue weighted by atomic mass is 31.1. The second kappa shape index (κ2) is 13.0. The molecule has 3 aromatic carbocycles. The minimum atomic E-state index is 1.04. The maximum atomic E-state index is 2.52. The Kier molecular flexibility index (Phi) is 10.1. The minimum absolute atomic E-state index is 1.04. The fraction of sp³-hybridized carbons (Fsp3) is 0.357. The molecule has 0 aliphatic heterocycles. The summed E-state index contributed by atoms with van der Waals surface area (Å²) < 4.78 is 0. The SMILES string of the molecule is CCCCPCc1cc(-c2ccccc2)c(-c2ccccc2)cc1CPCCCC. The van der Waals surface area contributed by atoms with E-state index in [-0.39, 0.29) is 0 Å². The predicted octanol–water partition coefficient (Wildman–Crippen LogP) is 8.98. The molecule has 3 aromatic rings. The summed E-state index contributed by atoms with van der Waals surface area (Å²) in [7, 11) is 2.08. The van der Waals surface area contributed by atoms with Crippen LogP contribution in [0.15, 0.2) is 72.8 Å². The molecule has 30 heavy (non-hydrogen) atoms. The van der Waals surface area contributed by atoms with Crippen molar-refractivity contribution >= 4 is 17.2 Å². The molecule has 0 radical (unpaired) electrons. The first-order valence-electron chi connectivity index (χ1n) is 11.5. The molecule has 0 heterocycles. The molecular weight excluding hydrogens is 398 g/mol. The quantitative estimate of drug-likeness (QED) is 0.197. The van der Waals surface area contributed by atoms with Crippen LogP contribution < -0.4 is 0 Å². The molecule has 0 nitrogen and oxygen atoms in total. The molecule has 2 heteroatoms. The topological polar surface area (TPSA) is 0 Å². The highest BCUT2D eigenvalue weighted by molar-refractivity contribution is 7.37. The summed E-state index contributed by atoms with van der Waals surface area (Å²) >= 11 is 0. The van der Waals surface area contributed by atoms with Gasteiger partial charge >= 0.3 is 0 Å². The van der Waals surface area contributed by atoms with Crippen LogP contribution in [-0.4, -0.2) is 12.3 Å². The van der Waals surface area contributed by atoms with Gasteiger partial charge in [-0.3, -0.25) is 0 Å². The zero-order valence-electron chi connectivity index (χ0n) is 18.6. The van der Waals surface area contributed by atoms with Gasteiger partial charge in [-0.1, -0.05) is 87.4 Å². The zero-order valence-corrected chi connectivity index (χ0v) is 20.6. The maximum Gasteiger partial charge on any atom is -0.00975 e. The second-order valence-corrected chi connectivity index (χ2v) is 10.7. The number of hydrogen-bond donors (Lipinski definition) is 0. The highest BCUT2D eigenvalue weighted by Crippen LogP contribution is 2.38. The van der Waals surface area contributed by atoms with E-state index in [1.807, 2.05) is 0 Å². The Hall–Kier alpha value is -1.48. The van der Waals surface area contributed by atoms with Crippen molar-refractivity contribution in [2.75, 3.05) is 12.3 Å². The lowest BCUT2D eigenvalue weighted by Gasteiger charge is -2.18. The van der Waals surface area contributed by atoms with Gasteiger partial charge in [-0.05, 0) is 83.0 Å². The Labute approximate surface area is 187 Å². The lowest BCUT2D eigenvalue weighted by molar-refractivity contribution is 0.892. The smallest absolute Gasteiger partial charge is 0.00975 e. The molecule has 0 bridgehead atoms. The molecule has 2 atom stereocenters. The van der Waals surface area contributed by atoms with Gasteiger partial charge in [0.2, 0.25) is 0 Å². The molecule has 0 aromatic heterocycles. The van der Waals surface area contributed by atoms with Crippen LogP contribution in [0.25, 0.3) is 22.3 Å². The van der Waals surface area contributed by atoms with Crippen molar-refractivity contribution in [3.63, 3.8) is 0 Å². The van der Waals surface area contributed by atoms with Gasteiger partial charge in [0.05, 0.1) is 0 Å². The van der Waals surface area contributed by atoms with Crippen LogP contribution in [0.1, 0.15) is 50.7 Å². The molecule has 0 N–H and O–H groups in total. The van der Waals surface area contributed by atoms with Crippen molar-refractivity contribution in [3.05, 3.63) is 83.9 Å². The van der Waals surface area contributed by atoms with Gasteiger partial charge in [-0.2, -0.15) is 0 Å². The Morgan fingerprint density at radius 3 is 1.33 bits per heavy atom. The number of benzene rings is 3. The molecule has 0 fully saturated rings. The molecule has 0 spiro atoms. The van der Waals surface area contributed by atoms with Crippen molar-refractivity contribution in [1.29, 1.82) is 0 Å². The number of rotatable bonds is 12. The average Bonchev–Trinajstić information content (AvgIpc) is 2.81. The third kappa shape index (κ3) is 6.77. The van der Waals surface area contributed by atoms with Crippen molar-refractivity contribution in [1.82, 2.24) is 0 Å². The van der Waals surface area contributed by atoms with E-state index in [9.17, 15) is 0 Å². The van der Waals surface area contributed by atoms with Crippen LogP contribution in [0.5, 0.6) is 0 Å². The van der Waals surface area contributed by atoms with Gasteiger partial charge in [-0.15, -0.1) is 17.2 Å². The first-order chi connectivity index (χ1) is 14.8. The zero-order chi connectivity index (χ0) is 21.0. The monoisotopic (exact) mass is 434 g/mol. The van der Waals surface area contributed by atoms with Crippen molar-refractivity contribution in [2.45, 2.75) is 51.9 Å². The van der Waals surface area contributed by atoms with Crippen LogP contribution in [0.4, 0.5) is 0 Å². The van der Waals surface area contributed by atoms with Gasteiger partial charge in [0.15, 0.2) is 0 Å². The molecule has 2 unspecified atom stereocenters. The predicted molar refractivity (Wildman–Crippen MR) is 141 cm³/mol. The Bertz CT molecular complexity index is 797. The molecule has 0 aliphatic rings. The van der Waals surface area contributed by atoms with Gasteiger partial charge < -0.3 is 0 Å². The van der Waals surface area contributed by atoms with Gasteiger partial charge in [-0.25, -0.2) is 0 Å². The molecule has 0 saturated heterocycles. The first kappa shape index (κ1) is 23.2. The third-order valence-electron chi connectivity index (χ3n) is 5.55.